The number of nitrogens with one attached hydrogen (secondary N) is 1. The molecular weight excluding hydrogens is 290 g/mol. The summed E-state index contributed by atoms with van der Waals surface area (Å²) in [5, 5.41) is 3.27. The van der Waals surface area contributed by atoms with E-state index in [4.69, 9.17) is 0 Å². The maximum atomic E-state index is 12.4. The molecule has 0 saturated heterocycles. The van der Waals surface area contributed by atoms with Crippen molar-refractivity contribution in [2.24, 2.45) is 7.05 Å². The lowest BCUT2D eigenvalue weighted by molar-refractivity contribution is 0.377. The molecule has 0 amide bonds. The third kappa shape index (κ3) is 5.39. The minimum absolute atomic E-state index is 0.268. The van der Waals surface area contributed by atoms with Crippen molar-refractivity contribution in [3.63, 3.8) is 0 Å². The van der Waals surface area contributed by atoms with Crippen LogP contribution in [0.1, 0.15) is 25.6 Å². The Hall–Kier alpha value is -0.960. The van der Waals surface area contributed by atoms with E-state index in [0.717, 1.165) is 31.8 Å². The summed E-state index contributed by atoms with van der Waals surface area (Å²) in [6.45, 7) is 4.68. The van der Waals surface area contributed by atoms with Crippen molar-refractivity contribution in [1.29, 1.82) is 0 Å². The SMILES string of the molecule is CCCNCCCN(C)S(=O)(=O)N(C)Cc1nccn1C. The molecule has 0 atom stereocenters. The topological polar surface area (TPSA) is 70.5 Å². The average Bonchev–Trinajstić information content (AvgIpc) is 2.83. The van der Waals surface area contributed by atoms with Gasteiger partial charge in [-0.05, 0) is 25.9 Å². The van der Waals surface area contributed by atoms with Crippen LogP contribution < -0.4 is 5.32 Å². The van der Waals surface area contributed by atoms with Crippen LogP contribution in [0, 0.1) is 0 Å². The number of aromatic nitrogens is 2. The van der Waals surface area contributed by atoms with E-state index in [1.54, 1.807) is 26.5 Å². The molecule has 0 bridgehead atoms. The van der Waals surface area contributed by atoms with Crippen LogP contribution in [0.3, 0.4) is 0 Å². The molecule has 1 N–H and O–H groups in total. The van der Waals surface area contributed by atoms with Gasteiger partial charge in [0.25, 0.3) is 10.2 Å². The van der Waals surface area contributed by atoms with E-state index in [1.165, 1.54) is 8.61 Å². The fraction of sp³-hybridized carbons (Fsp3) is 0.769. The molecule has 1 rings (SSSR count). The molecule has 0 spiro atoms. The van der Waals surface area contributed by atoms with E-state index in [-0.39, 0.29) is 6.54 Å². The first-order valence-corrected chi connectivity index (χ1v) is 8.63. The van der Waals surface area contributed by atoms with Gasteiger partial charge in [-0.25, -0.2) is 4.98 Å². The van der Waals surface area contributed by atoms with Crippen molar-refractivity contribution < 1.29 is 8.42 Å². The van der Waals surface area contributed by atoms with Crippen molar-refractivity contribution in [3.05, 3.63) is 18.2 Å². The molecule has 0 fully saturated rings. The zero-order valence-electron chi connectivity index (χ0n) is 13.4. The van der Waals surface area contributed by atoms with Gasteiger partial charge in [0, 0.05) is 40.1 Å². The molecule has 0 saturated carbocycles. The zero-order valence-corrected chi connectivity index (χ0v) is 14.2. The Kier molecular flexibility index (Phi) is 7.30. The maximum absolute atomic E-state index is 12.4. The van der Waals surface area contributed by atoms with Crippen LogP contribution in [0.4, 0.5) is 0 Å². The number of nitrogens with zero attached hydrogens (tertiary/aromatic N) is 4. The Morgan fingerprint density at radius 2 is 2.00 bits per heavy atom. The fourth-order valence-electron chi connectivity index (χ4n) is 1.91. The first-order valence-electron chi connectivity index (χ1n) is 7.24. The van der Waals surface area contributed by atoms with Gasteiger partial charge in [0.2, 0.25) is 0 Å². The lowest BCUT2D eigenvalue weighted by atomic mass is 10.4. The smallest absolute Gasteiger partial charge is 0.281 e. The van der Waals surface area contributed by atoms with E-state index in [9.17, 15) is 8.42 Å². The van der Waals surface area contributed by atoms with E-state index >= 15 is 0 Å². The van der Waals surface area contributed by atoms with Crippen LogP contribution >= 0.6 is 0 Å². The summed E-state index contributed by atoms with van der Waals surface area (Å²) in [4.78, 5) is 4.15. The van der Waals surface area contributed by atoms with Gasteiger partial charge in [-0.15, -0.1) is 0 Å². The van der Waals surface area contributed by atoms with Crippen LogP contribution in [-0.4, -0.2) is 60.3 Å². The third-order valence-electron chi connectivity index (χ3n) is 3.33. The first-order chi connectivity index (χ1) is 9.89. The second-order valence-corrected chi connectivity index (χ2v) is 7.29. The average molecular weight is 317 g/mol. The molecule has 7 nitrogen and oxygen atoms in total. The third-order valence-corrected chi connectivity index (χ3v) is 5.21. The monoisotopic (exact) mass is 317 g/mol. The molecule has 0 aliphatic rings. The van der Waals surface area contributed by atoms with Gasteiger partial charge in [0.15, 0.2) is 0 Å². The summed E-state index contributed by atoms with van der Waals surface area (Å²) in [7, 11) is 1.61. The molecule has 21 heavy (non-hydrogen) atoms. The molecular formula is C13H27N5O2S. The molecule has 0 unspecified atom stereocenters. The van der Waals surface area contributed by atoms with E-state index in [1.807, 2.05) is 11.6 Å². The summed E-state index contributed by atoms with van der Waals surface area (Å²) >= 11 is 0. The highest BCUT2D eigenvalue weighted by atomic mass is 32.2. The minimum atomic E-state index is -3.44. The van der Waals surface area contributed by atoms with Crippen molar-refractivity contribution in [2.45, 2.75) is 26.3 Å². The van der Waals surface area contributed by atoms with Crippen LogP contribution in [-0.2, 0) is 23.8 Å². The molecule has 0 radical (unpaired) electrons. The Bertz CT molecular complexity index is 514. The van der Waals surface area contributed by atoms with Crippen LogP contribution in [0.2, 0.25) is 0 Å². The van der Waals surface area contributed by atoms with Gasteiger partial charge in [0.05, 0.1) is 6.54 Å². The standard InChI is InChI=1S/C13H27N5O2S/c1-5-7-14-8-6-10-17(3)21(19,20)18(4)12-13-15-9-11-16(13)2/h9,11,14H,5-8,10,12H2,1-4H3. The highest BCUT2D eigenvalue weighted by Gasteiger charge is 2.24. The van der Waals surface area contributed by atoms with Gasteiger partial charge in [-0.1, -0.05) is 6.92 Å². The lowest BCUT2D eigenvalue weighted by Crippen LogP contribution is -2.40. The van der Waals surface area contributed by atoms with Crippen molar-refractivity contribution in [3.8, 4) is 0 Å². The highest BCUT2D eigenvalue weighted by molar-refractivity contribution is 7.86. The molecule has 8 heteroatoms. The Morgan fingerprint density at radius 1 is 1.29 bits per heavy atom. The van der Waals surface area contributed by atoms with Crippen molar-refractivity contribution in [1.82, 2.24) is 23.5 Å². The van der Waals surface area contributed by atoms with Crippen LogP contribution in [0.25, 0.3) is 0 Å². The predicted molar refractivity (Wildman–Crippen MR) is 84.0 cm³/mol. The summed E-state index contributed by atoms with van der Waals surface area (Å²) < 4.78 is 29.3. The normalized spacial score (nSPS) is 12.5. The summed E-state index contributed by atoms with van der Waals surface area (Å²) in [6.07, 6.45) is 5.35. The number of hydrogen-bond donors (Lipinski definition) is 1. The quantitative estimate of drug-likeness (QED) is 0.635. The van der Waals surface area contributed by atoms with Gasteiger partial charge in [-0.3, -0.25) is 0 Å². The maximum Gasteiger partial charge on any atom is 0.281 e. The molecule has 1 heterocycles. The van der Waals surface area contributed by atoms with Gasteiger partial charge < -0.3 is 9.88 Å². The molecule has 0 aliphatic heterocycles. The fourth-order valence-corrected chi connectivity index (χ4v) is 3.03. The summed E-state index contributed by atoms with van der Waals surface area (Å²) in [5.74, 6) is 0.721. The first kappa shape index (κ1) is 18.1. The Balaban J connectivity index is 2.48. The molecule has 122 valence electrons. The van der Waals surface area contributed by atoms with E-state index in [2.05, 4.69) is 17.2 Å². The van der Waals surface area contributed by atoms with Crippen LogP contribution in [0.15, 0.2) is 12.4 Å². The Labute approximate surface area is 128 Å². The van der Waals surface area contributed by atoms with E-state index in [0.29, 0.717) is 6.54 Å². The van der Waals surface area contributed by atoms with E-state index < -0.39 is 10.2 Å². The van der Waals surface area contributed by atoms with Crippen molar-refractivity contribution >= 4 is 10.2 Å². The number of aryl methyl sites for hydroxylation is 1. The van der Waals surface area contributed by atoms with Crippen LogP contribution in [0.5, 0.6) is 0 Å². The summed E-state index contributed by atoms with van der Waals surface area (Å²) in [6, 6.07) is 0. The minimum Gasteiger partial charge on any atom is -0.337 e. The number of hydrogen-bond acceptors (Lipinski definition) is 4. The second-order valence-electron chi connectivity index (χ2n) is 5.14. The predicted octanol–water partition coefficient (Wildman–Crippen LogP) is 0.418. The van der Waals surface area contributed by atoms with Crippen molar-refractivity contribution in [2.75, 3.05) is 33.7 Å². The van der Waals surface area contributed by atoms with Gasteiger partial charge in [-0.2, -0.15) is 17.0 Å². The highest BCUT2D eigenvalue weighted by Crippen LogP contribution is 2.08. The molecule has 1 aromatic rings. The number of imidazole rings is 1. The molecule has 1 aromatic heterocycles. The second kappa shape index (κ2) is 8.47. The lowest BCUT2D eigenvalue weighted by Gasteiger charge is -2.24. The van der Waals surface area contributed by atoms with Gasteiger partial charge in [0.1, 0.15) is 5.82 Å². The molecule has 0 aliphatic carbocycles. The summed E-state index contributed by atoms with van der Waals surface area (Å²) in [5.41, 5.74) is 0. The Morgan fingerprint density at radius 3 is 2.57 bits per heavy atom. The largest absolute Gasteiger partial charge is 0.337 e. The molecule has 0 aromatic carbocycles. The number of rotatable bonds is 10. The van der Waals surface area contributed by atoms with Gasteiger partial charge >= 0.3 is 0 Å². The zero-order chi connectivity index (χ0) is 15.9.